The Morgan fingerprint density at radius 2 is 2.00 bits per heavy atom. The third-order valence-electron chi connectivity index (χ3n) is 2.05. The first kappa shape index (κ1) is 14.3. The monoisotopic (exact) mass is 224 g/mol. The molecule has 0 aromatic heterocycles. The van der Waals surface area contributed by atoms with Gasteiger partial charge in [0, 0.05) is 0 Å². The Morgan fingerprint density at radius 3 is 2.47 bits per heavy atom. The van der Waals surface area contributed by atoms with Crippen LogP contribution in [-0.2, 0) is 9.53 Å². The average molecular weight is 224 g/mol. The molecule has 0 saturated carbocycles. The van der Waals surface area contributed by atoms with E-state index in [4.69, 9.17) is 5.11 Å². The molecule has 0 saturated heterocycles. The van der Waals surface area contributed by atoms with Gasteiger partial charge >= 0.3 is 11.9 Å². The molecule has 0 radical (unpaired) electrons. The molecule has 0 bridgehead atoms. The van der Waals surface area contributed by atoms with Crippen molar-refractivity contribution in [3.8, 4) is 0 Å². The number of esters is 1. The van der Waals surface area contributed by atoms with E-state index < -0.39 is 18.0 Å². The lowest BCUT2D eigenvalue weighted by Crippen LogP contribution is -2.42. The fraction of sp³-hybridized carbons (Fsp3) is 0.900. The van der Waals surface area contributed by atoms with Crippen molar-refractivity contribution in [2.24, 2.45) is 0 Å². The standard InChI is InChI=1S/C10H18F2O3/c1-3-5-6-7-8(13)10(11,12)9(14)15-4-2/h8,13H,3-7H2,1-2H3. The van der Waals surface area contributed by atoms with Gasteiger partial charge in [-0.05, 0) is 13.3 Å². The van der Waals surface area contributed by atoms with Crippen LogP contribution in [0, 0.1) is 0 Å². The Labute approximate surface area is 88.4 Å². The summed E-state index contributed by atoms with van der Waals surface area (Å²) in [5.74, 6) is -5.43. The van der Waals surface area contributed by atoms with Crippen LogP contribution in [0.2, 0.25) is 0 Å². The van der Waals surface area contributed by atoms with Crippen LogP contribution in [0.1, 0.15) is 39.5 Å². The molecule has 5 heteroatoms. The Bertz CT molecular complexity index is 195. The van der Waals surface area contributed by atoms with Gasteiger partial charge in [0.25, 0.3) is 0 Å². The van der Waals surface area contributed by atoms with Crippen molar-refractivity contribution in [1.29, 1.82) is 0 Å². The minimum Gasteiger partial charge on any atom is -0.461 e. The van der Waals surface area contributed by atoms with Gasteiger partial charge in [0.15, 0.2) is 0 Å². The lowest BCUT2D eigenvalue weighted by Gasteiger charge is -2.20. The van der Waals surface area contributed by atoms with Gasteiger partial charge in [-0.15, -0.1) is 0 Å². The summed E-state index contributed by atoms with van der Waals surface area (Å²) in [6.07, 6.45) is 0.0862. The predicted octanol–water partition coefficient (Wildman–Crippen LogP) is 2.13. The number of rotatable bonds is 7. The van der Waals surface area contributed by atoms with Crippen molar-refractivity contribution < 1.29 is 23.4 Å². The molecule has 0 spiro atoms. The molecule has 1 atom stereocenters. The average Bonchev–Trinajstić information content (AvgIpc) is 2.18. The second-order valence-corrected chi connectivity index (χ2v) is 3.36. The van der Waals surface area contributed by atoms with Gasteiger partial charge in [0.2, 0.25) is 0 Å². The van der Waals surface area contributed by atoms with E-state index in [0.717, 1.165) is 12.8 Å². The second kappa shape index (κ2) is 6.71. The van der Waals surface area contributed by atoms with Crippen LogP contribution in [0.3, 0.4) is 0 Å². The number of aliphatic hydroxyl groups is 1. The zero-order chi connectivity index (χ0) is 11.9. The minimum atomic E-state index is -3.79. The summed E-state index contributed by atoms with van der Waals surface area (Å²) < 4.78 is 30.4. The molecule has 0 rings (SSSR count). The third kappa shape index (κ3) is 4.55. The van der Waals surface area contributed by atoms with E-state index in [2.05, 4.69) is 4.74 Å². The maximum absolute atomic E-state index is 13.1. The van der Waals surface area contributed by atoms with Crippen LogP contribution in [0.15, 0.2) is 0 Å². The van der Waals surface area contributed by atoms with E-state index in [0.29, 0.717) is 6.42 Å². The van der Waals surface area contributed by atoms with Gasteiger partial charge in [-0.25, -0.2) is 4.79 Å². The number of hydrogen-bond donors (Lipinski definition) is 1. The first-order chi connectivity index (χ1) is 6.96. The molecule has 0 aliphatic rings. The summed E-state index contributed by atoms with van der Waals surface area (Å²) in [5, 5.41) is 9.15. The highest BCUT2D eigenvalue weighted by Gasteiger charge is 2.47. The summed E-state index contributed by atoms with van der Waals surface area (Å²) >= 11 is 0. The fourth-order valence-electron chi connectivity index (χ4n) is 1.13. The number of aliphatic hydroxyl groups excluding tert-OH is 1. The number of carbonyl (C=O) groups excluding carboxylic acids is 1. The van der Waals surface area contributed by atoms with Crippen LogP contribution in [-0.4, -0.2) is 29.7 Å². The maximum Gasteiger partial charge on any atom is 0.379 e. The van der Waals surface area contributed by atoms with Gasteiger partial charge in [-0.1, -0.05) is 26.2 Å². The summed E-state index contributed by atoms with van der Waals surface area (Å²) in [6.45, 7) is 3.25. The van der Waals surface area contributed by atoms with Crippen LogP contribution in [0.25, 0.3) is 0 Å². The van der Waals surface area contributed by atoms with E-state index in [1.54, 1.807) is 0 Å². The molecule has 3 nitrogen and oxygen atoms in total. The fourth-order valence-corrected chi connectivity index (χ4v) is 1.13. The lowest BCUT2D eigenvalue weighted by atomic mass is 10.1. The SMILES string of the molecule is CCCCCC(O)C(F)(F)C(=O)OCC. The normalized spacial score (nSPS) is 13.7. The van der Waals surface area contributed by atoms with Crippen molar-refractivity contribution in [1.82, 2.24) is 0 Å². The molecule has 0 amide bonds. The lowest BCUT2D eigenvalue weighted by molar-refractivity contribution is -0.188. The Balaban J connectivity index is 4.12. The van der Waals surface area contributed by atoms with Gasteiger partial charge < -0.3 is 9.84 Å². The predicted molar refractivity (Wildman–Crippen MR) is 51.7 cm³/mol. The first-order valence-electron chi connectivity index (χ1n) is 5.19. The number of alkyl halides is 2. The number of carbonyl (C=O) groups is 1. The Morgan fingerprint density at radius 1 is 1.40 bits per heavy atom. The van der Waals surface area contributed by atoms with Crippen LogP contribution >= 0.6 is 0 Å². The van der Waals surface area contributed by atoms with Crippen molar-refractivity contribution in [2.45, 2.75) is 51.6 Å². The van der Waals surface area contributed by atoms with Gasteiger partial charge in [-0.2, -0.15) is 8.78 Å². The smallest absolute Gasteiger partial charge is 0.379 e. The second-order valence-electron chi connectivity index (χ2n) is 3.36. The van der Waals surface area contributed by atoms with Gasteiger partial charge in [-0.3, -0.25) is 0 Å². The van der Waals surface area contributed by atoms with E-state index in [9.17, 15) is 13.6 Å². The molecule has 0 aromatic carbocycles. The van der Waals surface area contributed by atoms with Crippen LogP contribution in [0.4, 0.5) is 8.78 Å². The van der Waals surface area contributed by atoms with Crippen molar-refractivity contribution in [3.05, 3.63) is 0 Å². The summed E-state index contributed by atoms with van der Waals surface area (Å²) in [5.41, 5.74) is 0. The van der Waals surface area contributed by atoms with E-state index in [-0.39, 0.29) is 13.0 Å². The highest BCUT2D eigenvalue weighted by molar-refractivity contribution is 5.78. The van der Waals surface area contributed by atoms with Gasteiger partial charge in [0.05, 0.1) is 6.61 Å². The third-order valence-corrected chi connectivity index (χ3v) is 2.05. The molecule has 0 aromatic rings. The Hall–Kier alpha value is -0.710. The first-order valence-corrected chi connectivity index (χ1v) is 5.19. The Kier molecular flexibility index (Phi) is 6.40. The number of ether oxygens (including phenoxy) is 1. The molecule has 1 N–H and O–H groups in total. The summed E-state index contributed by atoms with van der Waals surface area (Å²) in [7, 11) is 0. The molecular weight excluding hydrogens is 206 g/mol. The largest absolute Gasteiger partial charge is 0.461 e. The zero-order valence-electron chi connectivity index (χ0n) is 9.13. The minimum absolute atomic E-state index is 0.0837. The quantitative estimate of drug-likeness (QED) is 0.532. The number of hydrogen-bond acceptors (Lipinski definition) is 3. The van der Waals surface area contributed by atoms with Crippen LogP contribution in [0.5, 0.6) is 0 Å². The summed E-state index contributed by atoms with van der Waals surface area (Å²) in [4.78, 5) is 10.8. The molecule has 0 heterocycles. The molecule has 0 aliphatic heterocycles. The van der Waals surface area contributed by atoms with Crippen LogP contribution < -0.4 is 0 Å². The highest BCUT2D eigenvalue weighted by atomic mass is 19.3. The highest BCUT2D eigenvalue weighted by Crippen LogP contribution is 2.24. The molecule has 0 fully saturated rings. The number of halogens is 2. The molecule has 90 valence electrons. The molecule has 15 heavy (non-hydrogen) atoms. The topological polar surface area (TPSA) is 46.5 Å². The van der Waals surface area contributed by atoms with Crippen molar-refractivity contribution in [2.75, 3.05) is 6.61 Å². The van der Waals surface area contributed by atoms with E-state index >= 15 is 0 Å². The molecule has 0 aliphatic carbocycles. The van der Waals surface area contributed by atoms with Crippen molar-refractivity contribution >= 4 is 5.97 Å². The summed E-state index contributed by atoms with van der Waals surface area (Å²) in [6, 6.07) is 0. The van der Waals surface area contributed by atoms with Gasteiger partial charge in [0.1, 0.15) is 6.10 Å². The van der Waals surface area contributed by atoms with E-state index in [1.807, 2.05) is 6.92 Å². The number of unbranched alkanes of at least 4 members (excludes halogenated alkanes) is 2. The van der Waals surface area contributed by atoms with Crippen molar-refractivity contribution in [3.63, 3.8) is 0 Å². The molecule has 1 unspecified atom stereocenters. The van der Waals surface area contributed by atoms with E-state index in [1.165, 1.54) is 6.92 Å². The maximum atomic E-state index is 13.1. The molecular formula is C10H18F2O3. The zero-order valence-corrected chi connectivity index (χ0v) is 9.13.